The molecule has 1 fully saturated rings. The van der Waals surface area contributed by atoms with Crippen molar-refractivity contribution in [3.63, 3.8) is 0 Å². The van der Waals surface area contributed by atoms with Crippen molar-refractivity contribution in [3.05, 3.63) is 21.9 Å². The van der Waals surface area contributed by atoms with Crippen LogP contribution in [0.25, 0.3) is 0 Å². The van der Waals surface area contributed by atoms with Crippen LogP contribution in [0.4, 0.5) is 0 Å². The molecule has 2 rings (SSSR count). The molecule has 0 aromatic carbocycles. The molecule has 1 aliphatic rings. The van der Waals surface area contributed by atoms with E-state index in [1.807, 2.05) is 11.3 Å². The van der Waals surface area contributed by atoms with Crippen molar-refractivity contribution in [2.24, 2.45) is 5.92 Å². The maximum atomic E-state index is 10.6. The Morgan fingerprint density at radius 2 is 2.16 bits per heavy atom. The number of carboxylic acids is 1. The number of likely N-dealkylation sites (tertiary alicyclic amines) is 1. The van der Waals surface area contributed by atoms with E-state index in [0.717, 1.165) is 32.4 Å². The van der Waals surface area contributed by atoms with Crippen molar-refractivity contribution in [3.8, 4) is 0 Å². The Morgan fingerprint density at radius 1 is 1.47 bits per heavy atom. The number of carbonyl (C=O) groups is 1. The number of nitrogens with zero attached hydrogens (tertiary/aromatic N) is 1. The SMILES string of the molecule is Cc1ccc(C(C)N2CCC(CCC(=O)O)CC2)s1. The minimum Gasteiger partial charge on any atom is -0.481 e. The quantitative estimate of drug-likeness (QED) is 0.894. The second-order valence-corrected chi connectivity index (χ2v) is 6.86. The Balaban J connectivity index is 1.81. The van der Waals surface area contributed by atoms with Gasteiger partial charge in [-0.1, -0.05) is 0 Å². The lowest BCUT2D eigenvalue weighted by Crippen LogP contribution is -2.35. The van der Waals surface area contributed by atoms with Gasteiger partial charge in [-0.25, -0.2) is 0 Å². The van der Waals surface area contributed by atoms with Gasteiger partial charge in [0.15, 0.2) is 0 Å². The molecule has 0 aliphatic carbocycles. The Hall–Kier alpha value is -0.870. The zero-order valence-electron chi connectivity index (χ0n) is 11.8. The maximum Gasteiger partial charge on any atom is 0.303 e. The molecule has 3 nitrogen and oxygen atoms in total. The average Bonchev–Trinajstić information content (AvgIpc) is 2.83. The summed E-state index contributed by atoms with van der Waals surface area (Å²) in [6.45, 7) is 6.63. The van der Waals surface area contributed by atoms with E-state index in [1.165, 1.54) is 9.75 Å². The number of hydrogen-bond acceptors (Lipinski definition) is 3. The smallest absolute Gasteiger partial charge is 0.303 e. The van der Waals surface area contributed by atoms with Crippen LogP contribution < -0.4 is 0 Å². The molecule has 1 aromatic heterocycles. The molecule has 4 heteroatoms. The molecule has 106 valence electrons. The van der Waals surface area contributed by atoms with Gasteiger partial charge >= 0.3 is 5.97 Å². The number of aliphatic carboxylic acids is 1. The third kappa shape index (κ3) is 4.05. The third-order valence-electron chi connectivity index (χ3n) is 4.14. The van der Waals surface area contributed by atoms with E-state index >= 15 is 0 Å². The summed E-state index contributed by atoms with van der Waals surface area (Å²) in [5.74, 6) is -0.0607. The van der Waals surface area contributed by atoms with Gasteiger partial charge in [0.05, 0.1) is 0 Å². The highest BCUT2D eigenvalue weighted by Crippen LogP contribution is 2.31. The first-order chi connectivity index (χ1) is 9.06. The molecule has 2 heterocycles. The van der Waals surface area contributed by atoms with Gasteiger partial charge in [0.25, 0.3) is 0 Å². The monoisotopic (exact) mass is 281 g/mol. The van der Waals surface area contributed by atoms with Crippen molar-refractivity contribution in [1.82, 2.24) is 4.90 Å². The number of piperidine rings is 1. The molecule has 0 saturated carbocycles. The van der Waals surface area contributed by atoms with Gasteiger partial charge < -0.3 is 5.11 Å². The van der Waals surface area contributed by atoms with Crippen LogP contribution in [0.5, 0.6) is 0 Å². The molecule has 0 bridgehead atoms. The zero-order chi connectivity index (χ0) is 13.8. The fourth-order valence-electron chi connectivity index (χ4n) is 2.81. The predicted molar refractivity (Wildman–Crippen MR) is 78.6 cm³/mol. The molecule has 1 aliphatic heterocycles. The molecule has 1 atom stereocenters. The number of aryl methyl sites for hydroxylation is 1. The summed E-state index contributed by atoms with van der Waals surface area (Å²) in [5, 5.41) is 8.73. The van der Waals surface area contributed by atoms with Crippen LogP contribution in [0, 0.1) is 12.8 Å². The van der Waals surface area contributed by atoms with Gasteiger partial charge in [-0.05, 0) is 64.3 Å². The fourth-order valence-corrected chi connectivity index (χ4v) is 3.78. The summed E-state index contributed by atoms with van der Waals surface area (Å²) in [5.41, 5.74) is 0. The highest BCUT2D eigenvalue weighted by Gasteiger charge is 2.24. The van der Waals surface area contributed by atoms with Crippen LogP contribution in [0.3, 0.4) is 0 Å². The molecular formula is C15H23NO2S. The van der Waals surface area contributed by atoms with Gasteiger partial charge in [-0.2, -0.15) is 0 Å². The summed E-state index contributed by atoms with van der Waals surface area (Å²) in [6.07, 6.45) is 3.45. The van der Waals surface area contributed by atoms with Crippen LogP contribution in [-0.4, -0.2) is 29.1 Å². The maximum absolute atomic E-state index is 10.6. The zero-order valence-corrected chi connectivity index (χ0v) is 12.6. The molecule has 0 radical (unpaired) electrons. The number of carboxylic acid groups (broad SMARTS) is 1. The lowest BCUT2D eigenvalue weighted by Gasteiger charge is -2.35. The van der Waals surface area contributed by atoms with Crippen LogP contribution in [0.15, 0.2) is 12.1 Å². The summed E-state index contributed by atoms with van der Waals surface area (Å²) >= 11 is 1.89. The summed E-state index contributed by atoms with van der Waals surface area (Å²) < 4.78 is 0. The minimum atomic E-state index is -0.662. The van der Waals surface area contributed by atoms with E-state index < -0.39 is 5.97 Å². The molecule has 1 saturated heterocycles. The molecule has 0 amide bonds. The first-order valence-corrected chi connectivity index (χ1v) is 7.90. The van der Waals surface area contributed by atoms with Crippen molar-refractivity contribution < 1.29 is 9.90 Å². The van der Waals surface area contributed by atoms with Gasteiger partial charge in [0, 0.05) is 22.2 Å². The van der Waals surface area contributed by atoms with E-state index in [4.69, 9.17) is 5.11 Å². The molecule has 1 N–H and O–H groups in total. The Bertz CT molecular complexity index is 422. The Kier molecular flexibility index (Phi) is 4.99. The lowest BCUT2D eigenvalue weighted by atomic mass is 9.91. The number of rotatable bonds is 5. The Morgan fingerprint density at radius 3 is 2.68 bits per heavy atom. The lowest BCUT2D eigenvalue weighted by molar-refractivity contribution is -0.137. The van der Waals surface area contributed by atoms with E-state index in [-0.39, 0.29) is 0 Å². The minimum absolute atomic E-state index is 0.324. The predicted octanol–water partition coefficient (Wildman–Crippen LogP) is 3.69. The number of thiophene rings is 1. The average molecular weight is 281 g/mol. The molecule has 19 heavy (non-hydrogen) atoms. The van der Waals surface area contributed by atoms with E-state index in [1.54, 1.807) is 0 Å². The highest BCUT2D eigenvalue weighted by molar-refractivity contribution is 7.12. The van der Waals surface area contributed by atoms with Crippen molar-refractivity contribution in [2.75, 3.05) is 13.1 Å². The Labute approximate surface area is 119 Å². The normalized spacial score (nSPS) is 19.5. The van der Waals surface area contributed by atoms with Crippen molar-refractivity contribution in [2.45, 2.75) is 45.6 Å². The van der Waals surface area contributed by atoms with E-state index in [2.05, 4.69) is 30.9 Å². The number of hydrogen-bond donors (Lipinski definition) is 1. The van der Waals surface area contributed by atoms with Gasteiger partial charge in [0.2, 0.25) is 0 Å². The third-order valence-corrected chi connectivity index (χ3v) is 5.31. The second-order valence-electron chi connectivity index (χ2n) is 5.54. The molecule has 0 spiro atoms. The van der Waals surface area contributed by atoms with Crippen LogP contribution in [-0.2, 0) is 4.79 Å². The fraction of sp³-hybridized carbons (Fsp3) is 0.667. The highest BCUT2D eigenvalue weighted by atomic mass is 32.1. The molecular weight excluding hydrogens is 258 g/mol. The van der Waals surface area contributed by atoms with E-state index in [9.17, 15) is 4.79 Å². The van der Waals surface area contributed by atoms with Gasteiger partial charge in [0.1, 0.15) is 0 Å². The molecule has 1 unspecified atom stereocenters. The second kappa shape index (κ2) is 6.53. The van der Waals surface area contributed by atoms with Crippen LogP contribution in [0.2, 0.25) is 0 Å². The van der Waals surface area contributed by atoms with Crippen LogP contribution in [0.1, 0.15) is 48.4 Å². The topological polar surface area (TPSA) is 40.5 Å². The first-order valence-electron chi connectivity index (χ1n) is 7.08. The van der Waals surface area contributed by atoms with Gasteiger partial charge in [-0.15, -0.1) is 11.3 Å². The van der Waals surface area contributed by atoms with E-state index in [0.29, 0.717) is 18.4 Å². The van der Waals surface area contributed by atoms with Gasteiger partial charge in [-0.3, -0.25) is 9.69 Å². The summed E-state index contributed by atoms with van der Waals surface area (Å²) in [6, 6.07) is 4.93. The summed E-state index contributed by atoms with van der Waals surface area (Å²) in [7, 11) is 0. The molecule has 1 aromatic rings. The van der Waals surface area contributed by atoms with Crippen molar-refractivity contribution in [1.29, 1.82) is 0 Å². The first kappa shape index (κ1) is 14.5. The van der Waals surface area contributed by atoms with Crippen molar-refractivity contribution >= 4 is 17.3 Å². The van der Waals surface area contributed by atoms with Crippen LogP contribution >= 0.6 is 11.3 Å². The largest absolute Gasteiger partial charge is 0.481 e. The standard InChI is InChI=1S/C15H23NO2S/c1-11-3-5-14(19-11)12(2)16-9-7-13(8-10-16)4-6-15(17)18/h3,5,12-13H,4,6-10H2,1-2H3,(H,17,18). The summed E-state index contributed by atoms with van der Waals surface area (Å²) in [4.78, 5) is 15.9.